The standard InChI is InChI=1S/C16H18N2O3/c1-20-14-6-9-18(16(19)15-3-2-10-21-15)13(14)11-12-4-7-17-8-5-12/h2-5,7-8,10,13-14H,6,9,11H2,1H3/t13-,14+/m0/s1. The third-order valence-electron chi connectivity index (χ3n) is 3.97. The summed E-state index contributed by atoms with van der Waals surface area (Å²) in [5.41, 5.74) is 1.15. The predicted molar refractivity (Wildman–Crippen MR) is 76.9 cm³/mol. The fourth-order valence-electron chi connectivity index (χ4n) is 2.90. The van der Waals surface area contributed by atoms with Crippen molar-refractivity contribution in [3.05, 3.63) is 54.2 Å². The van der Waals surface area contributed by atoms with Gasteiger partial charge in [-0.25, -0.2) is 0 Å². The Balaban J connectivity index is 1.80. The molecule has 2 aromatic heterocycles. The van der Waals surface area contributed by atoms with E-state index in [1.54, 1.807) is 31.6 Å². The number of rotatable bonds is 4. The van der Waals surface area contributed by atoms with E-state index in [-0.39, 0.29) is 18.1 Å². The van der Waals surface area contributed by atoms with Crippen molar-refractivity contribution in [3.8, 4) is 0 Å². The molecule has 5 nitrogen and oxygen atoms in total. The largest absolute Gasteiger partial charge is 0.459 e. The molecule has 0 radical (unpaired) electrons. The van der Waals surface area contributed by atoms with Crippen molar-refractivity contribution in [1.29, 1.82) is 0 Å². The zero-order valence-corrected chi connectivity index (χ0v) is 11.9. The van der Waals surface area contributed by atoms with E-state index in [1.165, 1.54) is 6.26 Å². The number of aromatic nitrogens is 1. The zero-order valence-electron chi connectivity index (χ0n) is 11.9. The highest BCUT2D eigenvalue weighted by Crippen LogP contribution is 2.25. The second-order valence-electron chi connectivity index (χ2n) is 5.17. The van der Waals surface area contributed by atoms with E-state index in [2.05, 4.69) is 4.98 Å². The van der Waals surface area contributed by atoms with Gasteiger partial charge in [0.25, 0.3) is 5.91 Å². The first kappa shape index (κ1) is 13.8. The Morgan fingerprint density at radius 3 is 2.90 bits per heavy atom. The second-order valence-corrected chi connectivity index (χ2v) is 5.17. The Labute approximate surface area is 123 Å². The van der Waals surface area contributed by atoms with Gasteiger partial charge < -0.3 is 14.1 Å². The van der Waals surface area contributed by atoms with E-state index in [0.717, 1.165) is 18.4 Å². The Bertz CT molecular complexity index is 583. The van der Waals surface area contributed by atoms with Gasteiger partial charge >= 0.3 is 0 Å². The maximum absolute atomic E-state index is 12.5. The van der Waals surface area contributed by atoms with Crippen LogP contribution in [0.4, 0.5) is 0 Å². The monoisotopic (exact) mass is 286 g/mol. The van der Waals surface area contributed by atoms with Gasteiger partial charge in [0.15, 0.2) is 5.76 Å². The second kappa shape index (κ2) is 6.10. The molecule has 1 aliphatic rings. The molecule has 1 fully saturated rings. The average Bonchev–Trinajstić information content (AvgIpc) is 3.17. The summed E-state index contributed by atoms with van der Waals surface area (Å²) >= 11 is 0. The van der Waals surface area contributed by atoms with Crippen LogP contribution >= 0.6 is 0 Å². The molecule has 3 heterocycles. The van der Waals surface area contributed by atoms with Crippen LogP contribution in [-0.2, 0) is 11.2 Å². The third kappa shape index (κ3) is 2.83. The average molecular weight is 286 g/mol. The maximum Gasteiger partial charge on any atom is 0.289 e. The maximum atomic E-state index is 12.5. The van der Waals surface area contributed by atoms with E-state index < -0.39 is 0 Å². The Kier molecular flexibility index (Phi) is 4.01. The first-order valence-corrected chi connectivity index (χ1v) is 7.06. The van der Waals surface area contributed by atoms with E-state index in [0.29, 0.717) is 12.3 Å². The molecule has 1 saturated heterocycles. The normalized spacial score (nSPS) is 21.7. The van der Waals surface area contributed by atoms with Gasteiger partial charge in [-0.05, 0) is 42.7 Å². The number of nitrogens with zero attached hydrogens (tertiary/aromatic N) is 2. The van der Waals surface area contributed by atoms with Gasteiger partial charge in [-0.3, -0.25) is 9.78 Å². The topological polar surface area (TPSA) is 55.6 Å². The minimum atomic E-state index is -0.0707. The Morgan fingerprint density at radius 1 is 1.43 bits per heavy atom. The molecule has 5 heteroatoms. The van der Waals surface area contributed by atoms with Gasteiger partial charge in [-0.15, -0.1) is 0 Å². The van der Waals surface area contributed by atoms with Crippen LogP contribution in [0.15, 0.2) is 47.3 Å². The number of hydrogen-bond donors (Lipinski definition) is 0. The molecule has 0 aromatic carbocycles. The van der Waals surface area contributed by atoms with Gasteiger partial charge in [0.2, 0.25) is 0 Å². The van der Waals surface area contributed by atoms with Crippen molar-refractivity contribution < 1.29 is 13.9 Å². The van der Waals surface area contributed by atoms with Crippen LogP contribution in [0.2, 0.25) is 0 Å². The number of furan rings is 1. The summed E-state index contributed by atoms with van der Waals surface area (Å²) < 4.78 is 10.8. The fraction of sp³-hybridized carbons (Fsp3) is 0.375. The smallest absolute Gasteiger partial charge is 0.289 e. The van der Waals surface area contributed by atoms with Crippen LogP contribution in [0.25, 0.3) is 0 Å². The molecule has 0 spiro atoms. The molecule has 2 aromatic rings. The first-order valence-electron chi connectivity index (χ1n) is 7.06. The number of likely N-dealkylation sites (tertiary alicyclic amines) is 1. The molecule has 110 valence electrons. The predicted octanol–water partition coefficient (Wildman–Crippen LogP) is 2.15. The number of pyridine rings is 1. The van der Waals surface area contributed by atoms with Gasteiger partial charge in [-0.2, -0.15) is 0 Å². The molecular weight excluding hydrogens is 268 g/mol. The third-order valence-corrected chi connectivity index (χ3v) is 3.97. The molecular formula is C16H18N2O3. The number of hydrogen-bond acceptors (Lipinski definition) is 4. The summed E-state index contributed by atoms with van der Waals surface area (Å²) in [7, 11) is 1.70. The minimum Gasteiger partial charge on any atom is -0.459 e. The number of amides is 1. The van der Waals surface area contributed by atoms with E-state index >= 15 is 0 Å². The van der Waals surface area contributed by atoms with Gasteiger partial charge in [0, 0.05) is 26.0 Å². The van der Waals surface area contributed by atoms with Crippen molar-refractivity contribution in [3.63, 3.8) is 0 Å². The highest BCUT2D eigenvalue weighted by atomic mass is 16.5. The van der Waals surface area contributed by atoms with Crippen LogP contribution in [0.3, 0.4) is 0 Å². The van der Waals surface area contributed by atoms with Crippen molar-refractivity contribution in [2.75, 3.05) is 13.7 Å². The van der Waals surface area contributed by atoms with Gasteiger partial charge in [-0.1, -0.05) is 0 Å². The summed E-state index contributed by atoms with van der Waals surface area (Å²) in [4.78, 5) is 18.4. The van der Waals surface area contributed by atoms with Gasteiger partial charge in [0.1, 0.15) is 0 Å². The lowest BCUT2D eigenvalue weighted by atomic mass is 10.0. The van der Waals surface area contributed by atoms with E-state index in [9.17, 15) is 4.79 Å². The first-order chi connectivity index (χ1) is 10.3. The lowest BCUT2D eigenvalue weighted by molar-refractivity contribution is 0.0487. The van der Waals surface area contributed by atoms with Crippen LogP contribution in [-0.4, -0.2) is 41.6 Å². The number of ether oxygens (including phenoxy) is 1. The van der Waals surface area contributed by atoms with Crippen LogP contribution in [0, 0.1) is 0 Å². The molecule has 3 rings (SSSR count). The molecule has 0 aliphatic carbocycles. The van der Waals surface area contributed by atoms with E-state index in [1.807, 2.05) is 17.0 Å². The molecule has 0 bridgehead atoms. The molecule has 1 aliphatic heterocycles. The number of methoxy groups -OCH3 is 1. The summed E-state index contributed by atoms with van der Waals surface area (Å²) in [6.07, 6.45) is 6.72. The van der Waals surface area contributed by atoms with Crippen molar-refractivity contribution in [2.24, 2.45) is 0 Å². The number of carbonyl (C=O) groups excluding carboxylic acids is 1. The summed E-state index contributed by atoms with van der Waals surface area (Å²) in [6, 6.07) is 7.40. The quantitative estimate of drug-likeness (QED) is 0.864. The molecule has 2 atom stereocenters. The van der Waals surface area contributed by atoms with Crippen molar-refractivity contribution in [1.82, 2.24) is 9.88 Å². The number of carbonyl (C=O) groups is 1. The van der Waals surface area contributed by atoms with Crippen LogP contribution in [0.5, 0.6) is 0 Å². The lowest BCUT2D eigenvalue weighted by Crippen LogP contribution is -2.41. The molecule has 21 heavy (non-hydrogen) atoms. The minimum absolute atomic E-state index is 0.0231. The van der Waals surface area contributed by atoms with Crippen molar-refractivity contribution in [2.45, 2.75) is 25.0 Å². The molecule has 0 N–H and O–H groups in total. The Hall–Kier alpha value is -2.14. The lowest BCUT2D eigenvalue weighted by Gasteiger charge is -2.27. The Morgan fingerprint density at radius 2 is 2.24 bits per heavy atom. The molecule has 0 unspecified atom stereocenters. The highest BCUT2D eigenvalue weighted by Gasteiger charge is 2.38. The van der Waals surface area contributed by atoms with Gasteiger partial charge in [0.05, 0.1) is 18.4 Å². The highest BCUT2D eigenvalue weighted by molar-refractivity contribution is 5.92. The summed E-state index contributed by atoms with van der Waals surface area (Å²) in [5, 5.41) is 0. The molecule has 1 amide bonds. The van der Waals surface area contributed by atoms with Crippen molar-refractivity contribution >= 4 is 5.91 Å². The summed E-state index contributed by atoms with van der Waals surface area (Å²) in [5.74, 6) is 0.310. The van der Waals surface area contributed by atoms with Crippen LogP contribution in [0.1, 0.15) is 22.5 Å². The summed E-state index contributed by atoms with van der Waals surface area (Å²) in [6.45, 7) is 0.688. The zero-order chi connectivity index (χ0) is 14.7. The molecule has 0 saturated carbocycles. The fourth-order valence-corrected chi connectivity index (χ4v) is 2.90. The van der Waals surface area contributed by atoms with Crippen LogP contribution < -0.4 is 0 Å². The van der Waals surface area contributed by atoms with E-state index in [4.69, 9.17) is 9.15 Å². The SMILES string of the molecule is CO[C@@H]1CCN(C(=O)c2ccco2)[C@H]1Cc1ccncc1.